The molecule has 2 rings (SSSR count). The van der Waals surface area contributed by atoms with E-state index in [4.69, 9.17) is 10.5 Å². The Morgan fingerprint density at radius 3 is 2.79 bits per heavy atom. The molecule has 0 radical (unpaired) electrons. The first-order chi connectivity index (χ1) is 9.20. The molecule has 1 aromatic carbocycles. The van der Waals surface area contributed by atoms with Crippen molar-refractivity contribution in [1.82, 2.24) is 4.90 Å². The second-order valence-corrected chi connectivity index (χ2v) is 4.75. The van der Waals surface area contributed by atoms with Crippen LogP contribution in [0.1, 0.15) is 19.3 Å². The predicted molar refractivity (Wildman–Crippen MR) is 76.3 cm³/mol. The van der Waals surface area contributed by atoms with E-state index in [0.29, 0.717) is 5.69 Å². The molecule has 1 aliphatic rings. The van der Waals surface area contributed by atoms with Gasteiger partial charge in [-0.2, -0.15) is 0 Å². The molecule has 0 aliphatic carbocycles. The number of nitrogens with one attached hydrogen (secondary N) is 1. The molecule has 19 heavy (non-hydrogen) atoms. The van der Waals surface area contributed by atoms with Crippen molar-refractivity contribution in [1.29, 1.82) is 0 Å². The molecule has 0 atom stereocenters. The van der Waals surface area contributed by atoms with Crippen LogP contribution in [0.25, 0.3) is 0 Å². The molecule has 1 saturated heterocycles. The summed E-state index contributed by atoms with van der Waals surface area (Å²) in [4.78, 5) is 13.9. The number of piperidine rings is 1. The maximum atomic E-state index is 12.0. The van der Waals surface area contributed by atoms with Gasteiger partial charge in [0.15, 0.2) is 0 Å². The standard InChI is InChI=1S/C14H21N3O2/c1-19-11-5-6-12(15)13(9-11)16-10-14(18)17-7-3-2-4-8-17/h5-6,9,16H,2-4,7-8,10,15H2,1H3. The summed E-state index contributed by atoms with van der Waals surface area (Å²) in [5.41, 5.74) is 7.22. The number of nitrogen functional groups attached to an aromatic ring is 1. The topological polar surface area (TPSA) is 67.6 Å². The number of nitrogens with zero attached hydrogens (tertiary/aromatic N) is 1. The summed E-state index contributed by atoms with van der Waals surface area (Å²) in [5, 5.41) is 3.09. The number of hydrogen-bond donors (Lipinski definition) is 2. The van der Waals surface area contributed by atoms with Gasteiger partial charge in [-0.3, -0.25) is 4.79 Å². The number of methoxy groups -OCH3 is 1. The minimum absolute atomic E-state index is 0.127. The molecule has 0 saturated carbocycles. The van der Waals surface area contributed by atoms with Crippen molar-refractivity contribution in [3.8, 4) is 5.75 Å². The molecule has 1 aromatic rings. The van der Waals surface area contributed by atoms with E-state index in [9.17, 15) is 4.79 Å². The molecular formula is C14H21N3O2. The number of carbonyl (C=O) groups is 1. The number of carbonyl (C=O) groups excluding carboxylic acids is 1. The monoisotopic (exact) mass is 263 g/mol. The van der Waals surface area contributed by atoms with Gasteiger partial charge in [0, 0.05) is 19.2 Å². The maximum absolute atomic E-state index is 12.0. The Hall–Kier alpha value is -1.91. The molecule has 3 N–H and O–H groups in total. The molecule has 1 fully saturated rings. The first-order valence-electron chi connectivity index (χ1n) is 6.66. The fourth-order valence-corrected chi connectivity index (χ4v) is 2.24. The number of rotatable bonds is 4. The van der Waals surface area contributed by atoms with E-state index in [2.05, 4.69) is 5.32 Å². The number of nitrogens with two attached hydrogens (primary N) is 1. The number of amides is 1. The van der Waals surface area contributed by atoms with E-state index in [1.54, 1.807) is 25.3 Å². The fraction of sp³-hybridized carbons (Fsp3) is 0.500. The van der Waals surface area contributed by atoms with Crippen LogP contribution in [-0.2, 0) is 4.79 Å². The van der Waals surface area contributed by atoms with Gasteiger partial charge in [0.1, 0.15) is 5.75 Å². The molecule has 0 spiro atoms. The molecule has 0 bridgehead atoms. The molecule has 0 unspecified atom stereocenters. The van der Waals surface area contributed by atoms with E-state index < -0.39 is 0 Å². The van der Waals surface area contributed by atoms with E-state index in [1.165, 1.54) is 6.42 Å². The van der Waals surface area contributed by atoms with E-state index in [1.807, 2.05) is 4.90 Å². The van der Waals surface area contributed by atoms with E-state index in [0.717, 1.165) is 37.4 Å². The highest BCUT2D eigenvalue weighted by atomic mass is 16.5. The Morgan fingerprint density at radius 2 is 2.11 bits per heavy atom. The van der Waals surface area contributed by atoms with Gasteiger partial charge in [-0.05, 0) is 31.4 Å². The molecule has 1 heterocycles. The molecule has 1 aliphatic heterocycles. The van der Waals surface area contributed by atoms with Crippen LogP contribution in [0, 0.1) is 0 Å². The minimum atomic E-state index is 0.127. The van der Waals surface area contributed by atoms with Crippen LogP contribution in [0.3, 0.4) is 0 Å². The summed E-state index contributed by atoms with van der Waals surface area (Å²) in [5.74, 6) is 0.851. The van der Waals surface area contributed by atoms with Crippen molar-refractivity contribution in [3.63, 3.8) is 0 Å². The number of hydrogen-bond acceptors (Lipinski definition) is 4. The lowest BCUT2D eigenvalue weighted by atomic mass is 10.1. The summed E-state index contributed by atoms with van der Waals surface area (Å²) in [6.45, 7) is 2.01. The zero-order valence-corrected chi connectivity index (χ0v) is 11.3. The van der Waals surface area contributed by atoms with Crippen LogP contribution in [0.5, 0.6) is 5.75 Å². The molecule has 5 nitrogen and oxygen atoms in total. The molecule has 1 amide bonds. The van der Waals surface area contributed by atoms with Gasteiger partial charge in [0.25, 0.3) is 0 Å². The zero-order valence-electron chi connectivity index (χ0n) is 11.3. The van der Waals surface area contributed by atoms with Gasteiger partial charge >= 0.3 is 0 Å². The Labute approximate surface area is 113 Å². The Morgan fingerprint density at radius 1 is 1.37 bits per heavy atom. The van der Waals surface area contributed by atoms with Crippen molar-refractivity contribution >= 4 is 17.3 Å². The molecule has 0 aromatic heterocycles. The number of likely N-dealkylation sites (tertiary alicyclic amines) is 1. The lowest BCUT2D eigenvalue weighted by Gasteiger charge is -2.27. The SMILES string of the molecule is COc1ccc(N)c(NCC(=O)N2CCCCC2)c1. The summed E-state index contributed by atoms with van der Waals surface area (Å²) < 4.78 is 5.14. The van der Waals surface area contributed by atoms with Crippen LogP contribution in [0.4, 0.5) is 11.4 Å². The third-order valence-electron chi connectivity index (χ3n) is 3.40. The van der Waals surface area contributed by atoms with E-state index in [-0.39, 0.29) is 12.5 Å². The van der Waals surface area contributed by atoms with Crippen LogP contribution >= 0.6 is 0 Å². The second-order valence-electron chi connectivity index (χ2n) is 4.75. The Bertz CT molecular complexity index is 442. The molecule has 5 heteroatoms. The number of benzene rings is 1. The van der Waals surface area contributed by atoms with Gasteiger partial charge < -0.3 is 20.7 Å². The lowest BCUT2D eigenvalue weighted by Crippen LogP contribution is -2.39. The highest BCUT2D eigenvalue weighted by Crippen LogP contribution is 2.24. The fourth-order valence-electron chi connectivity index (χ4n) is 2.24. The van der Waals surface area contributed by atoms with Gasteiger partial charge in [-0.1, -0.05) is 0 Å². The minimum Gasteiger partial charge on any atom is -0.497 e. The van der Waals surface area contributed by atoms with Gasteiger partial charge in [-0.25, -0.2) is 0 Å². The molecule has 104 valence electrons. The number of anilines is 2. The first-order valence-corrected chi connectivity index (χ1v) is 6.66. The zero-order chi connectivity index (χ0) is 13.7. The van der Waals surface area contributed by atoms with Gasteiger partial charge in [0.2, 0.25) is 5.91 Å². The largest absolute Gasteiger partial charge is 0.497 e. The normalized spacial score (nSPS) is 15.1. The quantitative estimate of drug-likeness (QED) is 0.811. The highest BCUT2D eigenvalue weighted by Gasteiger charge is 2.16. The first kappa shape index (κ1) is 13.5. The second kappa shape index (κ2) is 6.31. The van der Waals surface area contributed by atoms with Gasteiger partial charge in [-0.15, -0.1) is 0 Å². The average Bonchev–Trinajstić information content (AvgIpc) is 2.47. The third-order valence-corrected chi connectivity index (χ3v) is 3.40. The van der Waals surface area contributed by atoms with Crippen molar-refractivity contribution in [3.05, 3.63) is 18.2 Å². The van der Waals surface area contributed by atoms with Crippen LogP contribution in [0.15, 0.2) is 18.2 Å². The summed E-state index contributed by atoms with van der Waals surface area (Å²) >= 11 is 0. The van der Waals surface area contributed by atoms with Crippen molar-refractivity contribution in [2.24, 2.45) is 0 Å². The van der Waals surface area contributed by atoms with Crippen molar-refractivity contribution < 1.29 is 9.53 Å². The van der Waals surface area contributed by atoms with Crippen molar-refractivity contribution in [2.45, 2.75) is 19.3 Å². The Kier molecular flexibility index (Phi) is 4.49. The smallest absolute Gasteiger partial charge is 0.241 e. The lowest BCUT2D eigenvalue weighted by molar-refractivity contribution is -0.130. The predicted octanol–water partition coefficient (Wildman–Crippen LogP) is 1.70. The van der Waals surface area contributed by atoms with Gasteiger partial charge in [0.05, 0.1) is 25.0 Å². The third kappa shape index (κ3) is 3.53. The van der Waals surface area contributed by atoms with Crippen LogP contribution in [-0.4, -0.2) is 37.6 Å². The summed E-state index contributed by atoms with van der Waals surface area (Å²) in [6, 6.07) is 5.37. The summed E-state index contributed by atoms with van der Waals surface area (Å²) in [7, 11) is 1.61. The van der Waals surface area contributed by atoms with Crippen molar-refractivity contribution in [2.75, 3.05) is 37.8 Å². The van der Waals surface area contributed by atoms with Crippen LogP contribution < -0.4 is 15.8 Å². The highest BCUT2D eigenvalue weighted by molar-refractivity contribution is 5.82. The summed E-state index contributed by atoms with van der Waals surface area (Å²) in [6.07, 6.45) is 3.43. The molecular weight excluding hydrogens is 242 g/mol. The average molecular weight is 263 g/mol. The van der Waals surface area contributed by atoms with Crippen LogP contribution in [0.2, 0.25) is 0 Å². The number of ether oxygens (including phenoxy) is 1. The Balaban J connectivity index is 1.92. The van der Waals surface area contributed by atoms with E-state index >= 15 is 0 Å². The maximum Gasteiger partial charge on any atom is 0.241 e.